The molecular weight excluding hydrogens is 254 g/mol. The van der Waals surface area contributed by atoms with E-state index in [1.807, 2.05) is 4.90 Å². The van der Waals surface area contributed by atoms with Crippen LogP contribution in [0, 0.1) is 5.41 Å². The third-order valence-corrected chi connectivity index (χ3v) is 4.56. The summed E-state index contributed by atoms with van der Waals surface area (Å²) in [6, 6.07) is 3.59. The number of aromatic nitrogens is 1. The number of nitrogens with one attached hydrogen (secondary N) is 1. The van der Waals surface area contributed by atoms with Gasteiger partial charge in [-0.3, -0.25) is 14.6 Å². The molecule has 2 aliphatic rings. The predicted octanol–water partition coefficient (Wildman–Crippen LogP) is 1.21. The van der Waals surface area contributed by atoms with Crippen molar-refractivity contribution in [1.82, 2.24) is 15.2 Å². The number of nitrogens with zero attached hydrogens (tertiary/aromatic N) is 2. The van der Waals surface area contributed by atoms with E-state index in [1.54, 1.807) is 24.5 Å². The average molecular weight is 273 g/mol. The van der Waals surface area contributed by atoms with E-state index in [1.165, 1.54) is 0 Å². The van der Waals surface area contributed by atoms with Gasteiger partial charge in [0.15, 0.2) is 0 Å². The van der Waals surface area contributed by atoms with Crippen LogP contribution in [0.25, 0.3) is 0 Å². The van der Waals surface area contributed by atoms with Crippen molar-refractivity contribution in [3.05, 3.63) is 30.1 Å². The summed E-state index contributed by atoms with van der Waals surface area (Å²) >= 11 is 0. The molecule has 20 heavy (non-hydrogen) atoms. The largest absolute Gasteiger partial charge is 0.356 e. The lowest BCUT2D eigenvalue weighted by Crippen LogP contribution is -2.50. The fourth-order valence-corrected chi connectivity index (χ4v) is 3.12. The minimum Gasteiger partial charge on any atom is -0.356 e. The van der Waals surface area contributed by atoms with Crippen LogP contribution in [0.15, 0.2) is 24.5 Å². The van der Waals surface area contributed by atoms with Crippen molar-refractivity contribution in [2.45, 2.75) is 25.7 Å². The predicted molar refractivity (Wildman–Crippen MR) is 74.1 cm³/mol. The highest BCUT2D eigenvalue weighted by Gasteiger charge is 2.38. The third kappa shape index (κ3) is 2.53. The Morgan fingerprint density at radius 1 is 1.30 bits per heavy atom. The van der Waals surface area contributed by atoms with E-state index in [-0.39, 0.29) is 17.2 Å². The molecule has 0 aromatic carbocycles. The van der Waals surface area contributed by atoms with E-state index in [0.717, 1.165) is 38.9 Å². The zero-order chi connectivity index (χ0) is 14.0. The van der Waals surface area contributed by atoms with Crippen LogP contribution < -0.4 is 5.32 Å². The quantitative estimate of drug-likeness (QED) is 0.836. The SMILES string of the molecule is O=C1CCC2(CCN(C(=O)c3cccnc3)CC2)CN1. The maximum absolute atomic E-state index is 12.3. The molecule has 2 aliphatic heterocycles. The standard InChI is InChI=1S/C15H19N3O2/c19-13-3-4-15(11-17-13)5-8-18(9-6-15)14(20)12-2-1-7-16-10-12/h1-2,7,10H,3-6,8-9,11H2,(H,17,19). The van der Waals surface area contributed by atoms with E-state index in [4.69, 9.17) is 0 Å². The zero-order valence-corrected chi connectivity index (χ0v) is 11.5. The second-order valence-corrected chi connectivity index (χ2v) is 5.81. The Morgan fingerprint density at radius 3 is 2.70 bits per heavy atom. The van der Waals surface area contributed by atoms with Gasteiger partial charge in [-0.15, -0.1) is 0 Å². The first kappa shape index (κ1) is 13.1. The van der Waals surface area contributed by atoms with E-state index >= 15 is 0 Å². The molecule has 2 fully saturated rings. The Balaban J connectivity index is 1.61. The molecule has 0 radical (unpaired) electrons. The van der Waals surface area contributed by atoms with Crippen molar-refractivity contribution in [3.63, 3.8) is 0 Å². The van der Waals surface area contributed by atoms with Crippen LogP contribution in [0.4, 0.5) is 0 Å². The van der Waals surface area contributed by atoms with Gasteiger partial charge in [-0.1, -0.05) is 0 Å². The Kier molecular flexibility index (Phi) is 3.42. The lowest BCUT2D eigenvalue weighted by atomic mass is 9.73. The van der Waals surface area contributed by atoms with Gasteiger partial charge in [-0.25, -0.2) is 0 Å². The second-order valence-electron chi connectivity index (χ2n) is 5.81. The average Bonchev–Trinajstić information content (AvgIpc) is 2.52. The van der Waals surface area contributed by atoms with Crippen LogP contribution in [0.3, 0.4) is 0 Å². The Hall–Kier alpha value is -1.91. The molecular formula is C15H19N3O2. The molecule has 0 saturated carbocycles. The van der Waals surface area contributed by atoms with E-state index in [2.05, 4.69) is 10.3 Å². The number of hydrogen-bond acceptors (Lipinski definition) is 3. The number of rotatable bonds is 1. The van der Waals surface area contributed by atoms with Crippen LogP contribution >= 0.6 is 0 Å². The summed E-state index contributed by atoms with van der Waals surface area (Å²) in [7, 11) is 0. The summed E-state index contributed by atoms with van der Waals surface area (Å²) in [6.07, 6.45) is 6.81. The van der Waals surface area contributed by atoms with Gasteiger partial charge < -0.3 is 10.2 Å². The molecule has 3 rings (SSSR count). The van der Waals surface area contributed by atoms with E-state index in [9.17, 15) is 9.59 Å². The number of piperidine rings is 2. The highest BCUT2D eigenvalue weighted by atomic mass is 16.2. The minimum absolute atomic E-state index is 0.0628. The van der Waals surface area contributed by atoms with Gasteiger partial charge in [-0.2, -0.15) is 0 Å². The van der Waals surface area contributed by atoms with Gasteiger partial charge in [0, 0.05) is 38.4 Å². The summed E-state index contributed by atoms with van der Waals surface area (Å²) in [5.41, 5.74) is 0.861. The molecule has 5 nitrogen and oxygen atoms in total. The lowest BCUT2D eigenvalue weighted by Gasteiger charge is -2.44. The normalized spacial score (nSPS) is 21.6. The second kappa shape index (κ2) is 5.23. The smallest absolute Gasteiger partial charge is 0.255 e. The molecule has 0 bridgehead atoms. The molecule has 0 aliphatic carbocycles. The number of carbonyl (C=O) groups is 2. The van der Waals surface area contributed by atoms with Gasteiger partial charge >= 0.3 is 0 Å². The Morgan fingerprint density at radius 2 is 2.10 bits per heavy atom. The summed E-state index contributed by atoms with van der Waals surface area (Å²) in [6.45, 7) is 2.30. The first-order chi connectivity index (χ1) is 9.69. The van der Waals surface area contributed by atoms with Crippen LogP contribution in [0.1, 0.15) is 36.0 Å². The lowest BCUT2D eigenvalue weighted by molar-refractivity contribution is -0.125. The van der Waals surface area contributed by atoms with Crippen molar-refractivity contribution in [1.29, 1.82) is 0 Å². The maximum Gasteiger partial charge on any atom is 0.255 e. The molecule has 1 N–H and O–H groups in total. The molecule has 106 valence electrons. The van der Waals surface area contributed by atoms with Crippen LogP contribution in [-0.4, -0.2) is 41.3 Å². The number of carbonyl (C=O) groups excluding carboxylic acids is 2. The molecule has 0 unspecified atom stereocenters. The van der Waals surface area contributed by atoms with Crippen molar-refractivity contribution >= 4 is 11.8 Å². The number of pyridine rings is 1. The van der Waals surface area contributed by atoms with Gasteiger partial charge in [0.2, 0.25) is 5.91 Å². The molecule has 2 amide bonds. The minimum atomic E-state index is 0.0628. The van der Waals surface area contributed by atoms with Crippen molar-refractivity contribution in [3.8, 4) is 0 Å². The molecule has 3 heterocycles. The molecule has 2 saturated heterocycles. The zero-order valence-electron chi connectivity index (χ0n) is 11.5. The van der Waals surface area contributed by atoms with Crippen LogP contribution in [0.2, 0.25) is 0 Å². The van der Waals surface area contributed by atoms with E-state index in [0.29, 0.717) is 12.0 Å². The Bertz CT molecular complexity index is 495. The first-order valence-corrected chi connectivity index (χ1v) is 7.15. The fourth-order valence-electron chi connectivity index (χ4n) is 3.12. The molecule has 5 heteroatoms. The van der Waals surface area contributed by atoms with Gasteiger partial charge in [0.05, 0.1) is 5.56 Å². The molecule has 1 aromatic heterocycles. The van der Waals surface area contributed by atoms with Gasteiger partial charge in [-0.05, 0) is 36.8 Å². The molecule has 0 atom stereocenters. The summed E-state index contributed by atoms with van der Waals surface area (Å²) in [4.78, 5) is 29.5. The third-order valence-electron chi connectivity index (χ3n) is 4.56. The summed E-state index contributed by atoms with van der Waals surface area (Å²) in [5.74, 6) is 0.220. The van der Waals surface area contributed by atoms with Crippen LogP contribution in [-0.2, 0) is 4.79 Å². The summed E-state index contributed by atoms with van der Waals surface area (Å²) < 4.78 is 0. The monoisotopic (exact) mass is 273 g/mol. The van der Waals surface area contributed by atoms with Crippen LogP contribution in [0.5, 0.6) is 0 Å². The highest BCUT2D eigenvalue weighted by Crippen LogP contribution is 2.37. The van der Waals surface area contributed by atoms with Gasteiger partial charge in [0.1, 0.15) is 0 Å². The highest BCUT2D eigenvalue weighted by molar-refractivity contribution is 5.93. The van der Waals surface area contributed by atoms with Crippen molar-refractivity contribution in [2.24, 2.45) is 5.41 Å². The van der Waals surface area contributed by atoms with Crippen molar-refractivity contribution < 1.29 is 9.59 Å². The fraction of sp³-hybridized carbons (Fsp3) is 0.533. The Labute approximate surface area is 118 Å². The topological polar surface area (TPSA) is 62.3 Å². The number of amides is 2. The first-order valence-electron chi connectivity index (χ1n) is 7.15. The molecule has 1 spiro atoms. The summed E-state index contributed by atoms with van der Waals surface area (Å²) in [5, 5.41) is 2.97. The number of likely N-dealkylation sites (tertiary alicyclic amines) is 1. The number of hydrogen-bond donors (Lipinski definition) is 1. The van der Waals surface area contributed by atoms with Gasteiger partial charge in [0.25, 0.3) is 5.91 Å². The van der Waals surface area contributed by atoms with E-state index < -0.39 is 0 Å². The van der Waals surface area contributed by atoms with Crippen molar-refractivity contribution in [2.75, 3.05) is 19.6 Å². The maximum atomic E-state index is 12.3. The molecule has 1 aromatic rings.